The van der Waals surface area contributed by atoms with E-state index in [9.17, 15) is 58.8 Å². The molecule has 48 heteroatoms. The minimum absolute atomic E-state index is 0. The fourth-order valence-electron chi connectivity index (χ4n) is 12.9. The third-order valence-corrected chi connectivity index (χ3v) is 21.6. The van der Waals surface area contributed by atoms with E-state index in [0.717, 1.165) is 97.1 Å². The number of halogens is 4. The van der Waals surface area contributed by atoms with E-state index in [0.29, 0.717) is 0 Å². The predicted molar refractivity (Wildman–Crippen MR) is 606 cm³/mol. The molecule has 4 fully saturated rings. The summed E-state index contributed by atoms with van der Waals surface area (Å²) in [7, 11) is 0. The average Bonchev–Trinajstić information content (AvgIpc) is 0.781. The zero-order valence-electron chi connectivity index (χ0n) is 68.3. The van der Waals surface area contributed by atoms with Crippen LogP contribution in [-0.4, -0.2) is 249 Å². The van der Waals surface area contributed by atoms with Crippen LogP contribution in [0.1, 0.15) is 242 Å². The Hall–Kier alpha value is -3.16. The van der Waals surface area contributed by atoms with E-state index in [2.05, 4.69) is 93.3 Å². The molecular formula is C88H176Cl4N4O28S12. The second-order valence-electron chi connectivity index (χ2n) is 28.9. The lowest BCUT2D eigenvalue weighted by atomic mass is 9.59. The molecule has 4 saturated carbocycles. The maximum absolute atomic E-state index is 9.77. The fourth-order valence-corrected chi connectivity index (χ4v) is 13.4. The summed E-state index contributed by atoms with van der Waals surface area (Å²) in [6, 6.07) is 32.8. The topological polar surface area (TPSA) is 645 Å². The first-order valence-corrected chi connectivity index (χ1v) is 40.5. The molecule has 136 heavy (non-hydrogen) atoms. The minimum atomic E-state index is -2.27. The zero-order valence-corrected chi connectivity index (χ0v) is 82.6. The first kappa shape index (κ1) is 188. The van der Waals surface area contributed by atoms with Crippen LogP contribution in [-0.2, 0) is 105 Å². The number of carboxylic acid groups (broad SMARTS) is 8. The number of hydrogen-bond donors (Lipinski definition) is 24. The van der Waals surface area contributed by atoms with Crippen molar-refractivity contribution in [2.45, 2.75) is 314 Å². The molecule has 0 radical (unpaired) electrons. The van der Waals surface area contributed by atoms with Gasteiger partial charge >= 0.3 is 47.8 Å². The van der Waals surface area contributed by atoms with Gasteiger partial charge < -0.3 is 125 Å². The molecule has 4 aromatic carbocycles. The van der Waals surface area contributed by atoms with Crippen LogP contribution < -0.4 is 22.9 Å². The lowest BCUT2D eigenvalue weighted by Crippen LogP contribution is -2.51. The van der Waals surface area contributed by atoms with Crippen molar-refractivity contribution in [2.75, 3.05) is 26.4 Å². The Morgan fingerprint density at radius 1 is 0.257 bits per heavy atom. The first-order chi connectivity index (χ1) is 54.2. The van der Waals surface area contributed by atoms with Crippen molar-refractivity contribution in [1.82, 2.24) is 0 Å². The van der Waals surface area contributed by atoms with E-state index in [-0.39, 0.29) is 293 Å². The normalized spacial score (nSPS) is 15.9. The number of aliphatic carboxylic acids is 8. The Kier molecular flexibility index (Phi) is 134. The molecule has 0 heterocycles. The van der Waals surface area contributed by atoms with Gasteiger partial charge in [0.25, 0.3) is 0 Å². The van der Waals surface area contributed by atoms with E-state index in [1.165, 1.54) is 47.9 Å². The molecule has 16 atom stereocenters. The van der Waals surface area contributed by atoms with Crippen LogP contribution in [0, 0.1) is 23.7 Å². The molecule has 0 aliphatic heterocycles. The second kappa shape index (κ2) is 96.6. The molecule has 816 valence electrons. The van der Waals surface area contributed by atoms with Crippen molar-refractivity contribution >= 4 is 247 Å². The molecule has 0 aromatic heterocycles. The van der Waals surface area contributed by atoms with Crippen molar-refractivity contribution in [3.8, 4) is 0 Å². The molecule has 0 unspecified atom stereocenters. The number of aliphatic hydroxyl groups is 12. The quantitative estimate of drug-likeness (QED) is 0.0216. The Labute approximate surface area is 906 Å². The van der Waals surface area contributed by atoms with Gasteiger partial charge in [-0.05, 0) is 172 Å². The van der Waals surface area contributed by atoms with Gasteiger partial charge in [-0.3, -0.25) is 0 Å². The van der Waals surface area contributed by atoms with Gasteiger partial charge in [0.2, 0.25) is 0 Å². The van der Waals surface area contributed by atoms with Crippen molar-refractivity contribution < 1.29 is 140 Å². The molecule has 4 aliphatic carbocycles. The number of hydrogen-bond acceptors (Lipinski definition) is 28. The summed E-state index contributed by atoms with van der Waals surface area (Å²) >= 11 is 38.4. The number of benzene rings is 4. The number of carbonyl (C=O) groups is 8. The van der Waals surface area contributed by atoms with Gasteiger partial charge in [-0.15, -0.1) is 0 Å². The maximum Gasteiger partial charge on any atom is 0.335 e. The SMILES string of the molecule is C.C.C.C.C.C.C.C.C.C.C.C.C[C@@H](CO)C[C@@H](N)C1(c2ccc(Cl)cc2)CCC1.C[C@@H](CO)C[C@H](N)C1(c2ccc(Cl)cc2)CCC1.C[C@H](CO)C[C@@H](N)C1(c2ccc(Cl)cc2)CCC1.C[C@H](CO)C[C@H](N)C1(c2ccc(Cl)cc2)CCC1.O=C(O)[C@@H](O)[C@H](O)C(=O)O.O=C(O)[C@@H](O)[C@H](O)C(=O)O.O=C(O)[C@@H](O)[C@H](O)C(=O)O.O=C(O)[C@@H](O)[C@H](O)C(=O)O.S.S.S.S.S.S.S.S.S=S.S=S. The molecule has 0 spiro atoms. The van der Waals surface area contributed by atoms with Crippen LogP contribution in [0.5, 0.6) is 0 Å². The van der Waals surface area contributed by atoms with Crippen LogP contribution in [0.25, 0.3) is 0 Å². The Morgan fingerprint density at radius 3 is 0.419 bits per heavy atom. The summed E-state index contributed by atoms with van der Waals surface area (Å²) in [6.45, 7) is 9.05. The van der Waals surface area contributed by atoms with Crippen LogP contribution >= 0.6 is 154 Å². The zero-order chi connectivity index (χ0) is 89.9. The Bertz CT molecular complexity index is 3070. The summed E-state index contributed by atoms with van der Waals surface area (Å²) in [5, 5.41) is 170. The first-order valence-electron chi connectivity index (χ1n) is 36.3. The largest absolute Gasteiger partial charge is 0.479 e. The third kappa shape index (κ3) is 61.9. The predicted octanol–water partition coefficient (Wildman–Crippen LogP) is 12.5. The number of carboxylic acids is 8. The fraction of sp³-hybridized carbons (Fsp3) is 0.636. The summed E-state index contributed by atoms with van der Waals surface area (Å²) < 4.78 is 0. The van der Waals surface area contributed by atoms with E-state index in [1.807, 2.05) is 76.2 Å². The molecule has 8 rings (SSSR count). The molecule has 0 saturated heterocycles. The lowest BCUT2D eigenvalue weighted by molar-refractivity contribution is -0.165. The summed E-state index contributed by atoms with van der Waals surface area (Å²) in [5.41, 5.74) is 31.3. The van der Waals surface area contributed by atoms with Gasteiger partial charge in [0.15, 0.2) is 48.8 Å². The van der Waals surface area contributed by atoms with E-state index >= 15 is 0 Å². The monoisotopic (exact) mass is 2260 g/mol. The third-order valence-electron chi connectivity index (χ3n) is 20.6. The van der Waals surface area contributed by atoms with Crippen molar-refractivity contribution in [2.24, 2.45) is 46.6 Å². The Morgan fingerprint density at radius 2 is 0.353 bits per heavy atom. The van der Waals surface area contributed by atoms with E-state index in [4.69, 9.17) is 151 Å². The average molecular weight is 2260 g/mol. The Balaban J connectivity index is -0.0000000538. The molecule has 4 aromatic rings. The van der Waals surface area contributed by atoms with Gasteiger partial charge in [0.1, 0.15) is 0 Å². The second-order valence-corrected chi connectivity index (χ2v) is 30.6. The van der Waals surface area contributed by atoms with Crippen LogP contribution in [0.15, 0.2) is 97.1 Å². The number of nitrogens with two attached hydrogens (primary N) is 4. The highest BCUT2D eigenvalue weighted by Crippen LogP contribution is 2.51. The van der Waals surface area contributed by atoms with E-state index in [1.54, 1.807) is 0 Å². The highest BCUT2D eigenvalue weighted by Gasteiger charge is 2.48. The summed E-state index contributed by atoms with van der Waals surface area (Å²) in [4.78, 5) is 78.2. The smallest absolute Gasteiger partial charge is 0.335 e. The van der Waals surface area contributed by atoms with Crippen molar-refractivity contribution in [3.63, 3.8) is 0 Å². The van der Waals surface area contributed by atoms with Crippen molar-refractivity contribution in [1.29, 1.82) is 0 Å². The van der Waals surface area contributed by atoms with Gasteiger partial charge in [-0.25, -0.2) is 38.4 Å². The number of aliphatic hydroxyl groups excluding tert-OH is 12. The highest BCUT2D eigenvalue weighted by atomic mass is 35.5. The van der Waals surface area contributed by atoms with Crippen LogP contribution in [0.3, 0.4) is 0 Å². The molecule has 32 nitrogen and oxygen atoms in total. The maximum atomic E-state index is 9.77. The molecule has 0 bridgehead atoms. The number of rotatable bonds is 32. The molecular weight excluding hydrogens is 2090 g/mol. The van der Waals surface area contributed by atoms with Gasteiger partial charge in [-0.2, -0.15) is 108 Å². The van der Waals surface area contributed by atoms with Crippen LogP contribution in [0.4, 0.5) is 0 Å². The van der Waals surface area contributed by atoms with Gasteiger partial charge in [-0.1, -0.05) is 237 Å². The van der Waals surface area contributed by atoms with Gasteiger partial charge in [0, 0.05) is 137 Å². The molecule has 4 aliphatic rings. The lowest BCUT2D eigenvalue weighted by Gasteiger charge is -2.47. The highest BCUT2D eigenvalue weighted by molar-refractivity contribution is 8.07. The molecule has 0 amide bonds. The minimum Gasteiger partial charge on any atom is -0.479 e. The standard InChI is InChI=1S/4C15H22ClNO.4C4H6O6.12CH4.2S2.8H2S/c4*1-11(10-18)9-14(17)15(7-2-8-15)12-3-5-13(16)6-4-12;4*5-1(3(7)8)2(6)4(9)10;;;;;;;;;;;;;2*1-2;;;;;;;;/h4*3-6,11,14,18H,2,7-10,17H2,1H3;4*1-2,5-6H,(H,7,8)(H,9,10);12*1H4;;;8*1H2/t2*11-,14+;2*11-,14-;4*1-,2-;;;;;;;;;;;;;;;;;;;;;;/m10100000....................../s1. The van der Waals surface area contributed by atoms with Crippen molar-refractivity contribution in [3.05, 3.63) is 139 Å². The van der Waals surface area contributed by atoms with Gasteiger partial charge in [0.05, 0.1) is 0 Å². The van der Waals surface area contributed by atoms with Crippen LogP contribution in [0.2, 0.25) is 20.1 Å². The summed E-state index contributed by atoms with van der Waals surface area (Å²) in [6.07, 6.45) is -0.499. The van der Waals surface area contributed by atoms with E-state index < -0.39 is 96.6 Å². The summed E-state index contributed by atoms with van der Waals surface area (Å²) in [5.74, 6) is -13.1. The molecule has 28 N–H and O–H groups in total.